The van der Waals surface area contributed by atoms with Gasteiger partial charge in [-0.3, -0.25) is 14.4 Å². The normalized spacial score (nSPS) is 16.4. The second-order valence-electron chi connectivity index (χ2n) is 8.41. The van der Waals surface area contributed by atoms with E-state index in [1.165, 1.54) is 0 Å². The van der Waals surface area contributed by atoms with Gasteiger partial charge in [-0.05, 0) is 44.9 Å². The van der Waals surface area contributed by atoms with E-state index in [9.17, 15) is 14.4 Å². The molecule has 30 heavy (non-hydrogen) atoms. The summed E-state index contributed by atoms with van der Waals surface area (Å²) in [5, 5.41) is 5.62. The highest BCUT2D eigenvalue weighted by Crippen LogP contribution is 2.28. The van der Waals surface area contributed by atoms with Gasteiger partial charge in [0.2, 0.25) is 17.7 Å². The van der Waals surface area contributed by atoms with Crippen molar-refractivity contribution in [3.63, 3.8) is 0 Å². The van der Waals surface area contributed by atoms with Crippen LogP contribution in [-0.2, 0) is 20.8 Å². The van der Waals surface area contributed by atoms with E-state index < -0.39 is 0 Å². The fraction of sp³-hybridized carbons (Fsp3) is 0.591. The van der Waals surface area contributed by atoms with Crippen LogP contribution in [0.5, 0.6) is 11.5 Å². The number of carbonyl (C=O) groups excluding carboxylic acids is 3. The van der Waals surface area contributed by atoms with Gasteiger partial charge >= 0.3 is 0 Å². The highest BCUT2D eigenvalue weighted by atomic mass is 16.5. The Morgan fingerprint density at radius 2 is 1.77 bits per heavy atom. The number of ether oxygens (including phenoxy) is 2. The summed E-state index contributed by atoms with van der Waals surface area (Å²) in [6.45, 7) is 7.00. The maximum atomic E-state index is 12.3. The highest BCUT2D eigenvalue weighted by Gasteiger charge is 2.39. The Hall–Kier alpha value is -2.77. The predicted molar refractivity (Wildman–Crippen MR) is 113 cm³/mol. The average molecular weight is 420 g/mol. The lowest BCUT2D eigenvalue weighted by Gasteiger charge is -2.31. The number of rotatable bonds is 9. The Morgan fingerprint density at radius 3 is 2.37 bits per heavy atom. The largest absolute Gasteiger partial charge is 0.493 e. The average Bonchev–Trinajstić information content (AvgIpc) is 3.11. The molecule has 2 N–H and O–H groups in total. The van der Waals surface area contributed by atoms with E-state index in [0.717, 1.165) is 5.56 Å². The molecule has 8 nitrogen and oxygen atoms in total. The molecule has 1 aromatic rings. The van der Waals surface area contributed by atoms with E-state index in [0.29, 0.717) is 44.0 Å². The molecule has 3 amide bonds. The number of nitrogens with zero attached hydrogens (tertiary/aromatic N) is 1. The van der Waals surface area contributed by atoms with Crippen LogP contribution in [0.4, 0.5) is 0 Å². The minimum absolute atomic E-state index is 0.00566. The van der Waals surface area contributed by atoms with Gasteiger partial charge in [-0.1, -0.05) is 6.07 Å². The van der Waals surface area contributed by atoms with Crippen LogP contribution in [0.1, 0.15) is 39.2 Å². The fourth-order valence-electron chi connectivity index (χ4n) is 3.45. The second kappa shape index (κ2) is 10.3. The topological polar surface area (TPSA) is 97.0 Å². The van der Waals surface area contributed by atoms with Crippen molar-refractivity contribution in [3.05, 3.63) is 23.8 Å². The molecular weight excluding hydrogens is 386 g/mol. The van der Waals surface area contributed by atoms with Gasteiger partial charge in [0.15, 0.2) is 11.5 Å². The van der Waals surface area contributed by atoms with Gasteiger partial charge < -0.3 is 25.0 Å². The summed E-state index contributed by atoms with van der Waals surface area (Å²) in [4.78, 5) is 38.2. The summed E-state index contributed by atoms with van der Waals surface area (Å²) in [5.74, 6) is 0.719. The SMILES string of the molecule is COc1ccc(CCC(=O)NCCNC(=O)C2CC(=O)N(C(C)(C)C)C2)cc1OC. The standard InChI is InChI=1S/C22H33N3O5/c1-22(2,3)25-14-16(13-20(25)27)21(28)24-11-10-23-19(26)9-7-15-6-8-17(29-4)18(12-15)30-5/h6,8,12,16H,7,9-11,13-14H2,1-5H3,(H,23,26)(H,24,28). The number of hydrogen-bond donors (Lipinski definition) is 2. The molecule has 8 heteroatoms. The van der Waals surface area contributed by atoms with Crippen molar-refractivity contribution < 1.29 is 23.9 Å². The summed E-state index contributed by atoms with van der Waals surface area (Å²) < 4.78 is 10.5. The first-order chi connectivity index (χ1) is 14.2. The quantitative estimate of drug-likeness (QED) is 0.592. The molecule has 0 radical (unpaired) electrons. The van der Waals surface area contributed by atoms with Gasteiger partial charge in [0.1, 0.15) is 0 Å². The molecule has 166 valence electrons. The van der Waals surface area contributed by atoms with Crippen LogP contribution in [0.25, 0.3) is 0 Å². The van der Waals surface area contributed by atoms with Crippen molar-refractivity contribution in [2.45, 2.75) is 45.6 Å². The number of aryl methyl sites for hydroxylation is 1. The van der Waals surface area contributed by atoms with Crippen molar-refractivity contribution in [1.82, 2.24) is 15.5 Å². The zero-order valence-corrected chi connectivity index (χ0v) is 18.5. The molecule has 1 fully saturated rings. The summed E-state index contributed by atoms with van der Waals surface area (Å²) >= 11 is 0. The van der Waals surface area contributed by atoms with Crippen LogP contribution in [0, 0.1) is 5.92 Å². The van der Waals surface area contributed by atoms with Crippen LogP contribution in [0.2, 0.25) is 0 Å². The molecule has 0 bridgehead atoms. The summed E-state index contributed by atoms with van der Waals surface area (Å²) in [5.41, 5.74) is 0.693. The van der Waals surface area contributed by atoms with Crippen LogP contribution < -0.4 is 20.1 Å². The third-order valence-corrected chi connectivity index (χ3v) is 5.14. The van der Waals surface area contributed by atoms with E-state index >= 15 is 0 Å². The lowest BCUT2D eigenvalue weighted by Crippen LogP contribution is -2.43. The lowest BCUT2D eigenvalue weighted by molar-refractivity contribution is -0.132. The van der Waals surface area contributed by atoms with Crippen molar-refractivity contribution in [2.24, 2.45) is 5.92 Å². The molecule has 1 aliphatic heterocycles. The summed E-state index contributed by atoms with van der Waals surface area (Å²) in [7, 11) is 3.15. The first-order valence-electron chi connectivity index (χ1n) is 10.2. The maximum Gasteiger partial charge on any atom is 0.225 e. The summed E-state index contributed by atoms with van der Waals surface area (Å²) in [6.07, 6.45) is 1.15. The number of carbonyl (C=O) groups is 3. The Balaban J connectivity index is 1.68. The summed E-state index contributed by atoms with van der Waals surface area (Å²) in [6, 6.07) is 5.57. The van der Waals surface area contributed by atoms with Crippen molar-refractivity contribution in [1.29, 1.82) is 0 Å². The molecule has 0 spiro atoms. The Morgan fingerprint density at radius 1 is 1.10 bits per heavy atom. The van der Waals surface area contributed by atoms with E-state index in [2.05, 4.69) is 10.6 Å². The second-order valence-corrected chi connectivity index (χ2v) is 8.41. The molecule has 0 saturated carbocycles. The van der Waals surface area contributed by atoms with E-state index in [4.69, 9.17) is 9.47 Å². The van der Waals surface area contributed by atoms with E-state index in [-0.39, 0.29) is 35.6 Å². The molecule has 1 atom stereocenters. The number of benzene rings is 1. The molecule has 0 aliphatic carbocycles. The van der Waals surface area contributed by atoms with E-state index in [1.807, 2.05) is 39.0 Å². The minimum atomic E-state index is -0.336. The predicted octanol–water partition coefficient (Wildman–Crippen LogP) is 1.52. The van der Waals surface area contributed by atoms with Crippen LogP contribution in [0.3, 0.4) is 0 Å². The molecule has 2 rings (SSSR count). The Bertz CT molecular complexity index is 773. The van der Waals surface area contributed by atoms with Gasteiger partial charge in [-0.2, -0.15) is 0 Å². The third-order valence-electron chi connectivity index (χ3n) is 5.14. The minimum Gasteiger partial charge on any atom is -0.493 e. The number of hydrogen-bond acceptors (Lipinski definition) is 5. The molecular formula is C22H33N3O5. The van der Waals surface area contributed by atoms with Crippen LogP contribution in [0.15, 0.2) is 18.2 Å². The molecule has 1 aromatic carbocycles. The van der Waals surface area contributed by atoms with Gasteiger partial charge in [0, 0.05) is 38.0 Å². The van der Waals surface area contributed by atoms with Crippen molar-refractivity contribution >= 4 is 17.7 Å². The Labute approximate surface area is 178 Å². The number of nitrogens with one attached hydrogen (secondary N) is 2. The zero-order chi connectivity index (χ0) is 22.3. The monoisotopic (exact) mass is 419 g/mol. The maximum absolute atomic E-state index is 12.3. The van der Waals surface area contributed by atoms with Gasteiger partial charge in [-0.15, -0.1) is 0 Å². The van der Waals surface area contributed by atoms with Gasteiger partial charge in [0.25, 0.3) is 0 Å². The van der Waals surface area contributed by atoms with Crippen molar-refractivity contribution in [2.75, 3.05) is 33.9 Å². The first kappa shape index (κ1) is 23.5. The highest BCUT2D eigenvalue weighted by molar-refractivity contribution is 5.89. The smallest absolute Gasteiger partial charge is 0.225 e. The number of likely N-dealkylation sites (tertiary alicyclic amines) is 1. The third kappa shape index (κ3) is 6.37. The Kier molecular flexibility index (Phi) is 8.08. The molecule has 1 aliphatic rings. The number of amides is 3. The molecule has 1 heterocycles. The molecule has 1 unspecified atom stereocenters. The van der Waals surface area contributed by atoms with Crippen molar-refractivity contribution in [3.8, 4) is 11.5 Å². The molecule has 1 saturated heterocycles. The van der Waals surface area contributed by atoms with Crippen LogP contribution in [-0.4, -0.2) is 62.0 Å². The zero-order valence-electron chi connectivity index (χ0n) is 18.5. The molecule has 0 aromatic heterocycles. The first-order valence-corrected chi connectivity index (χ1v) is 10.2. The lowest BCUT2D eigenvalue weighted by atomic mass is 10.1. The fourth-order valence-corrected chi connectivity index (χ4v) is 3.45. The van der Waals surface area contributed by atoms with Crippen LogP contribution >= 0.6 is 0 Å². The number of methoxy groups -OCH3 is 2. The van der Waals surface area contributed by atoms with Gasteiger partial charge in [0.05, 0.1) is 20.1 Å². The van der Waals surface area contributed by atoms with E-state index in [1.54, 1.807) is 19.1 Å². The van der Waals surface area contributed by atoms with Gasteiger partial charge in [-0.25, -0.2) is 0 Å².